The number of hydrogen-bond donors (Lipinski definition) is 3. The van der Waals surface area contributed by atoms with Crippen molar-refractivity contribution in [2.24, 2.45) is 0 Å². The average molecular weight is 366 g/mol. The van der Waals surface area contributed by atoms with E-state index in [9.17, 15) is 23.6 Å². The zero-order chi connectivity index (χ0) is 19.6. The van der Waals surface area contributed by atoms with Gasteiger partial charge in [-0.25, -0.2) is 19.0 Å². The Hall–Kier alpha value is -3.04. The van der Waals surface area contributed by atoms with Gasteiger partial charge in [0.25, 0.3) is 11.5 Å². The number of carbonyl (C=O) groups is 2. The first-order valence-electron chi connectivity index (χ1n) is 7.98. The Kier molecular flexibility index (Phi) is 5.53. The second-order valence-electron chi connectivity index (χ2n) is 5.97. The van der Waals surface area contributed by atoms with Gasteiger partial charge in [0.15, 0.2) is 11.7 Å². The van der Waals surface area contributed by atoms with E-state index in [4.69, 9.17) is 5.11 Å². The molecule has 2 aromatic heterocycles. The van der Waals surface area contributed by atoms with Gasteiger partial charge in [0.2, 0.25) is 0 Å². The second kappa shape index (κ2) is 7.46. The first-order valence-corrected chi connectivity index (χ1v) is 7.98. The molecule has 1 unspecified atom stereocenters. The van der Waals surface area contributed by atoms with Gasteiger partial charge < -0.3 is 10.4 Å². The van der Waals surface area contributed by atoms with Crippen LogP contribution in [0.15, 0.2) is 15.7 Å². The minimum atomic E-state index is -1.75. The number of halogens is 1. The number of carboxylic acid groups (broad SMARTS) is 1. The third-order valence-corrected chi connectivity index (χ3v) is 3.88. The monoisotopic (exact) mass is 366 g/mol. The summed E-state index contributed by atoms with van der Waals surface area (Å²) >= 11 is 0. The van der Waals surface area contributed by atoms with Crippen molar-refractivity contribution < 1.29 is 19.1 Å². The number of fused-ring (bicyclic) bond motifs is 1. The van der Waals surface area contributed by atoms with Crippen LogP contribution in [0.1, 0.15) is 42.7 Å². The molecule has 0 aliphatic rings. The number of amides is 1. The molecule has 9 nitrogen and oxygen atoms in total. The Bertz CT molecular complexity index is 979. The maximum Gasteiger partial charge on any atom is 0.329 e. The maximum absolute atomic E-state index is 12.8. The summed E-state index contributed by atoms with van der Waals surface area (Å²) < 4.78 is 14.0. The molecule has 0 bridgehead atoms. The molecule has 0 aliphatic carbocycles. The van der Waals surface area contributed by atoms with Crippen LogP contribution in [0.4, 0.5) is 4.39 Å². The fraction of sp³-hybridized carbons (Fsp3) is 0.438. The molecule has 2 aromatic rings. The first kappa shape index (κ1) is 19.3. The normalized spacial score (nSPS) is 12.3. The molecule has 3 N–H and O–H groups in total. The fourth-order valence-electron chi connectivity index (χ4n) is 2.46. The Morgan fingerprint density at radius 2 is 2.04 bits per heavy atom. The zero-order valence-electron chi connectivity index (χ0n) is 14.5. The molecule has 0 fully saturated rings. The summed E-state index contributed by atoms with van der Waals surface area (Å²) in [7, 11) is 0. The van der Waals surface area contributed by atoms with E-state index in [-0.39, 0.29) is 29.1 Å². The van der Waals surface area contributed by atoms with E-state index in [2.05, 4.69) is 9.97 Å². The van der Waals surface area contributed by atoms with E-state index in [0.29, 0.717) is 5.69 Å². The lowest BCUT2D eigenvalue weighted by atomic mass is 10.0. The molecule has 2 rings (SSSR count). The number of nitrogens with zero attached hydrogens (tertiary/aromatic N) is 2. The van der Waals surface area contributed by atoms with Crippen molar-refractivity contribution in [2.75, 3.05) is 6.67 Å². The number of hydrogen-bond acceptors (Lipinski definition) is 5. The number of nitrogens with one attached hydrogen (secondary N) is 2. The van der Waals surface area contributed by atoms with Gasteiger partial charge >= 0.3 is 11.7 Å². The number of rotatable bonds is 6. The van der Waals surface area contributed by atoms with Crippen LogP contribution in [0.25, 0.3) is 11.0 Å². The maximum atomic E-state index is 12.8. The van der Waals surface area contributed by atoms with Crippen molar-refractivity contribution in [3.63, 3.8) is 0 Å². The lowest BCUT2D eigenvalue weighted by molar-refractivity contribution is -0.139. The van der Waals surface area contributed by atoms with Gasteiger partial charge in [-0.1, -0.05) is 13.8 Å². The average Bonchev–Trinajstić information content (AvgIpc) is 2.58. The van der Waals surface area contributed by atoms with E-state index >= 15 is 0 Å². The molecule has 0 radical (unpaired) electrons. The van der Waals surface area contributed by atoms with Gasteiger partial charge in [0, 0.05) is 12.2 Å². The predicted molar refractivity (Wildman–Crippen MR) is 91.3 cm³/mol. The molecule has 0 spiro atoms. The van der Waals surface area contributed by atoms with E-state index < -0.39 is 35.8 Å². The first-order chi connectivity index (χ1) is 12.2. The number of H-pyrrole nitrogens is 1. The van der Waals surface area contributed by atoms with Gasteiger partial charge in [-0.3, -0.25) is 19.1 Å². The molecular formula is C16H19FN4O5. The minimum absolute atomic E-state index is 0.0183. The van der Waals surface area contributed by atoms with Crippen LogP contribution < -0.4 is 16.6 Å². The summed E-state index contributed by atoms with van der Waals surface area (Å²) in [5.41, 5.74) is -1.21. The van der Waals surface area contributed by atoms with Crippen molar-refractivity contribution in [2.45, 2.75) is 39.3 Å². The lowest BCUT2D eigenvalue weighted by Crippen LogP contribution is -2.43. The van der Waals surface area contributed by atoms with Crippen molar-refractivity contribution in [3.05, 3.63) is 38.2 Å². The zero-order valence-corrected chi connectivity index (χ0v) is 14.5. The lowest BCUT2D eigenvalue weighted by Gasteiger charge is -2.15. The van der Waals surface area contributed by atoms with Crippen molar-refractivity contribution in [1.29, 1.82) is 0 Å². The summed E-state index contributed by atoms with van der Waals surface area (Å²) in [6.45, 7) is 4.17. The van der Waals surface area contributed by atoms with E-state index in [1.54, 1.807) is 20.8 Å². The van der Waals surface area contributed by atoms with Crippen LogP contribution in [0.2, 0.25) is 0 Å². The van der Waals surface area contributed by atoms with Crippen LogP contribution in [-0.4, -0.2) is 44.2 Å². The SMILES string of the molecule is CCn1c(=O)[nH]c(=O)c2c(C(=O)NC(CF)C(=O)O)cc(C(C)C)nc21. The number of alkyl halides is 1. The smallest absolute Gasteiger partial charge is 0.329 e. The number of aromatic nitrogens is 3. The summed E-state index contributed by atoms with van der Waals surface area (Å²) in [5.74, 6) is -2.61. The van der Waals surface area contributed by atoms with Crippen LogP contribution in [-0.2, 0) is 11.3 Å². The number of carboxylic acids is 1. The highest BCUT2D eigenvalue weighted by Gasteiger charge is 2.24. The molecule has 0 saturated carbocycles. The number of aryl methyl sites for hydroxylation is 1. The summed E-state index contributed by atoms with van der Waals surface area (Å²) in [6, 6.07) is -0.400. The predicted octanol–water partition coefficient (Wildman–Crippen LogP) is 0.381. The van der Waals surface area contributed by atoms with Crippen molar-refractivity contribution in [3.8, 4) is 0 Å². The number of aliphatic carboxylic acids is 1. The topological polar surface area (TPSA) is 134 Å². The largest absolute Gasteiger partial charge is 0.480 e. The third kappa shape index (κ3) is 3.48. The highest BCUT2D eigenvalue weighted by atomic mass is 19.1. The molecule has 0 aromatic carbocycles. The molecule has 2 heterocycles. The number of carbonyl (C=O) groups excluding carboxylic acids is 1. The Morgan fingerprint density at radius 3 is 2.54 bits per heavy atom. The molecule has 10 heteroatoms. The second-order valence-corrected chi connectivity index (χ2v) is 5.97. The minimum Gasteiger partial charge on any atom is -0.480 e. The summed E-state index contributed by atoms with van der Waals surface area (Å²) in [4.78, 5) is 54.2. The van der Waals surface area contributed by atoms with Crippen LogP contribution in [0.3, 0.4) is 0 Å². The number of pyridine rings is 1. The third-order valence-electron chi connectivity index (χ3n) is 3.88. The highest BCUT2D eigenvalue weighted by molar-refractivity contribution is 6.06. The van der Waals surface area contributed by atoms with E-state index in [1.165, 1.54) is 10.6 Å². The molecule has 26 heavy (non-hydrogen) atoms. The highest BCUT2D eigenvalue weighted by Crippen LogP contribution is 2.19. The van der Waals surface area contributed by atoms with Crippen LogP contribution >= 0.6 is 0 Å². The van der Waals surface area contributed by atoms with Crippen molar-refractivity contribution >= 4 is 22.9 Å². The molecule has 0 saturated heterocycles. The quantitative estimate of drug-likeness (QED) is 0.677. The van der Waals surface area contributed by atoms with E-state index in [1.807, 2.05) is 5.32 Å². The molecule has 1 amide bonds. The molecular weight excluding hydrogens is 347 g/mol. The van der Waals surface area contributed by atoms with Gasteiger partial charge in [0.05, 0.1) is 10.9 Å². The molecule has 0 aliphatic heterocycles. The van der Waals surface area contributed by atoms with Crippen LogP contribution in [0.5, 0.6) is 0 Å². The van der Waals surface area contributed by atoms with Gasteiger partial charge in [-0.2, -0.15) is 0 Å². The van der Waals surface area contributed by atoms with Gasteiger partial charge in [-0.05, 0) is 18.9 Å². The molecule has 1 atom stereocenters. The Balaban J connectivity index is 2.79. The Labute approximate surface area is 146 Å². The number of aromatic amines is 1. The standard InChI is InChI=1S/C16H19FN4O5/c1-4-21-12-11(14(23)20-16(21)26)8(5-9(18-12)7(2)3)13(22)19-10(6-17)15(24)25/h5,7,10H,4,6H2,1-3H3,(H,19,22)(H,24,25)(H,20,23,26). The van der Waals surface area contributed by atoms with Gasteiger partial charge in [0.1, 0.15) is 6.67 Å². The summed E-state index contributed by atoms with van der Waals surface area (Å²) in [5, 5.41) is 10.8. The summed E-state index contributed by atoms with van der Waals surface area (Å²) in [6.07, 6.45) is 0. The molecule has 140 valence electrons. The van der Waals surface area contributed by atoms with E-state index in [0.717, 1.165) is 0 Å². The van der Waals surface area contributed by atoms with Gasteiger partial charge in [-0.15, -0.1) is 0 Å². The van der Waals surface area contributed by atoms with Crippen LogP contribution in [0, 0.1) is 0 Å². The Morgan fingerprint density at radius 1 is 1.38 bits per heavy atom. The van der Waals surface area contributed by atoms with Crippen molar-refractivity contribution in [1.82, 2.24) is 19.9 Å². The fourth-order valence-corrected chi connectivity index (χ4v) is 2.46.